The van der Waals surface area contributed by atoms with Gasteiger partial charge in [-0.2, -0.15) is 0 Å². The molecule has 0 aliphatic heterocycles. The highest BCUT2D eigenvalue weighted by atomic mass is 127. The van der Waals surface area contributed by atoms with Gasteiger partial charge in [0.2, 0.25) is 0 Å². The number of imidazole rings is 1. The monoisotopic (exact) mass is 437 g/mol. The number of halogens is 1. The van der Waals surface area contributed by atoms with Crippen LogP contribution in [-0.4, -0.2) is 22.5 Å². The zero-order valence-electron chi connectivity index (χ0n) is 12.9. The van der Waals surface area contributed by atoms with Gasteiger partial charge in [-0.25, -0.2) is 4.79 Å². The Morgan fingerprint density at radius 1 is 1.17 bits per heavy atom. The van der Waals surface area contributed by atoms with Gasteiger partial charge in [-0.05, 0) is 71.5 Å². The molecule has 1 aromatic heterocycles. The smallest absolute Gasteiger partial charge is 0.323 e. The zero-order valence-corrected chi connectivity index (χ0v) is 15.1. The summed E-state index contributed by atoms with van der Waals surface area (Å²) in [5.74, 6) is 0.452. The maximum absolute atomic E-state index is 12.0. The van der Waals surface area contributed by atoms with Crippen molar-refractivity contribution in [1.82, 2.24) is 15.3 Å². The fourth-order valence-electron chi connectivity index (χ4n) is 2.37. The number of hydrogen-bond donors (Lipinski definition) is 3. The summed E-state index contributed by atoms with van der Waals surface area (Å²) < 4.78 is 6.57. The Morgan fingerprint density at radius 2 is 1.88 bits per heavy atom. The SMILES string of the molecule is CC(NC(=O)COc1ccc(I)cc1)c1ccc2[nH]c(=O)[nH]c2c1. The minimum Gasteiger partial charge on any atom is -0.484 e. The van der Waals surface area contributed by atoms with Crippen molar-refractivity contribution in [2.45, 2.75) is 13.0 Å². The van der Waals surface area contributed by atoms with Crippen molar-refractivity contribution >= 4 is 39.5 Å². The topological polar surface area (TPSA) is 87.0 Å². The van der Waals surface area contributed by atoms with Crippen LogP contribution in [0.3, 0.4) is 0 Å². The van der Waals surface area contributed by atoms with Crippen molar-refractivity contribution in [2.24, 2.45) is 0 Å². The van der Waals surface area contributed by atoms with E-state index >= 15 is 0 Å². The molecule has 124 valence electrons. The average molecular weight is 437 g/mol. The van der Waals surface area contributed by atoms with Crippen LogP contribution in [0.25, 0.3) is 11.0 Å². The molecule has 7 heteroatoms. The molecule has 0 bridgehead atoms. The van der Waals surface area contributed by atoms with Crippen LogP contribution in [0.15, 0.2) is 47.3 Å². The summed E-state index contributed by atoms with van der Waals surface area (Å²) in [6.07, 6.45) is 0. The van der Waals surface area contributed by atoms with Crippen molar-refractivity contribution in [2.75, 3.05) is 6.61 Å². The van der Waals surface area contributed by atoms with Crippen LogP contribution in [0.5, 0.6) is 5.75 Å². The van der Waals surface area contributed by atoms with Crippen LogP contribution in [0.1, 0.15) is 18.5 Å². The third-order valence-electron chi connectivity index (χ3n) is 3.60. The summed E-state index contributed by atoms with van der Waals surface area (Å²) in [7, 11) is 0. The molecule has 0 saturated carbocycles. The van der Waals surface area contributed by atoms with Crippen molar-refractivity contribution in [1.29, 1.82) is 0 Å². The summed E-state index contributed by atoms with van der Waals surface area (Å²) in [6.45, 7) is 1.84. The molecule has 2 aromatic carbocycles. The van der Waals surface area contributed by atoms with Crippen molar-refractivity contribution < 1.29 is 9.53 Å². The Bertz CT molecular complexity index is 915. The lowest BCUT2D eigenvalue weighted by Gasteiger charge is -2.15. The number of aromatic nitrogens is 2. The quantitative estimate of drug-likeness (QED) is 0.537. The minimum absolute atomic E-state index is 0.0475. The normalized spacial score (nSPS) is 12.1. The third-order valence-corrected chi connectivity index (χ3v) is 4.32. The highest BCUT2D eigenvalue weighted by Gasteiger charge is 2.11. The van der Waals surface area contributed by atoms with Crippen molar-refractivity contribution in [3.8, 4) is 5.75 Å². The van der Waals surface area contributed by atoms with E-state index in [4.69, 9.17) is 4.74 Å². The molecule has 0 aliphatic carbocycles. The second kappa shape index (κ2) is 7.08. The molecule has 24 heavy (non-hydrogen) atoms. The molecule has 1 heterocycles. The maximum atomic E-state index is 12.0. The van der Waals surface area contributed by atoms with Gasteiger partial charge in [0, 0.05) is 3.57 Å². The van der Waals surface area contributed by atoms with E-state index in [0.29, 0.717) is 11.3 Å². The van der Waals surface area contributed by atoms with Gasteiger partial charge in [0.1, 0.15) is 5.75 Å². The average Bonchev–Trinajstić information content (AvgIpc) is 2.93. The number of aromatic amines is 2. The summed E-state index contributed by atoms with van der Waals surface area (Å²) in [6, 6.07) is 12.8. The van der Waals surface area contributed by atoms with E-state index < -0.39 is 0 Å². The van der Waals surface area contributed by atoms with Gasteiger partial charge in [-0.3, -0.25) is 4.79 Å². The van der Waals surface area contributed by atoms with Gasteiger partial charge < -0.3 is 20.0 Å². The molecular formula is C17H16IN3O3. The number of benzene rings is 2. The lowest BCUT2D eigenvalue weighted by atomic mass is 10.1. The molecule has 1 amide bonds. The molecule has 3 N–H and O–H groups in total. The highest BCUT2D eigenvalue weighted by molar-refractivity contribution is 14.1. The summed E-state index contributed by atoms with van der Waals surface area (Å²) in [5, 5.41) is 2.88. The number of carbonyl (C=O) groups excluding carboxylic acids is 1. The number of nitrogens with one attached hydrogen (secondary N) is 3. The number of amides is 1. The van der Waals surface area contributed by atoms with E-state index in [1.165, 1.54) is 0 Å². The summed E-state index contributed by atoms with van der Waals surface area (Å²) in [5.41, 5.74) is 2.11. The number of carbonyl (C=O) groups is 1. The van der Waals surface area contributed by atoms with E-state index in [1.54, 1.807) is 0 Å². The molecule has 0 saturated heterocycles. The Kier molecular flexibility index (Phi) is 4.89. The first-order valence-electron chi connectivity index (χ1n) is 7.41. The Hall–Kier alpha value is -2.29. The summed E-state index contributed by atoms with van der Waals surface area (Å²) >= 11 is 2.21. The van der Waals surface area contributed by atoms with Crippen LogP contribution < -0.4 is 15.7 Å². The first-order valence-corrected chi connectivity index (χ1v) is 8.49. The summed E-state index contributed by atoms with van der Waals surface area (Å²) in [4.78, 5) is 28.7. The maximum Gasteiger partial charge on any atom is 0.323 e. The second-order valence-electron chi connectivity index (χ2n) is 5.42. The largest absolute Gasteiger partial charge is 0.484 e. The van der Waals surface area contributed by atoms with E-state index in [1.807, 2.05) is 49.4 Å². The number of fused-ring (bicyclic) bond motifs is 1. The number of hydrogen-bond acceptors (Lipinski definition) is 3. The van der Waals surface area contributed by atoms with E-state index in [2.05, 4.69) is 37.9 Å². The van der Waals surface area contributed by atoms with Gasteiger partial charge >= 0.3 is 5.69 Å². The minimum atomic E-state index is -0.246. The molecule has 3 aromatic rings. The van der Waals surface area contributed by atoms with Gasteiger partial charge in [-0.1, -0.05) is 6.07 Å². The molecule has 1 atom stereocenters. The number of rotatable bonds is 5. The lowest BCUT2D eigenvalue weighted by molar-refractivity contribution is -0.123. The zero-order chi connectivity index (χ0) is 17.1. The van der Waals surface area contributed by atoms with Crippen molar-refractivity contribution in [3.05, 3.63) is 62.1 Å². The van der Waals surface area contributed by atoms with Crippen LogP contribution in [-0.2, 0) is 4.79 Å². The molecular weight excluding hydrogens is 421 g/mol. The standard InChI is InChI=1S/C17H16IN3O3/c1-10(11-2-7-14-15(8-11)21-17(23)20-14)19-16(22)9-24-13-5-3-12(18)4-6-13/h2-8,10H,9H2,1H3,(H,19,22)(H2,20,21,23). The predicted octanol–water partition coefficient (Wildman–Crippen LogP) is 2.72. The number of ether oxygens (including phenoxy) is 1. The molecule has 1 unspecified atom stereocenters. The number of H-pyrrole nitrogens is 2. The third kappa shape index (κ3) is 3.97. The Morgan fingerprint density at radius 3 is 2.62 bits per heavy atom. The molecule has 0 spiro atoms. The van der Waals surface area contributed by atoms with Gasteiger partial charge in [0.05, 0.1) is 17.1 Å². The van der Waals surface area contributed by atoms with Crippen LogP contribution >= 0.6 is 22.6 Å². The van der Waals surface area contributed by atoms with Crippen molar-refractivity contribution in [3.63, 3.8) is 0 Å². The van der Waals surface area contributed by atoms with Gasteiger partial charge in [-0.15, -0.1) is 0 Å². The molecule has 3 rings (SSSR count). The molecule has 0 fully saturated rings. The van der Waals surface area contributed by atoms with Gasteiger partial charge in [0.15, 0.2) is 6.61 Å². The second-order valence-corrected chi connectivity index (χ2v) is 6.66. The molecule has 0 aliphatic rings. The first-order chi connectivity index (χ1) is 11.5. The van der Waals surface area contributed by atoms with E-state index in [0.717, 1.165) is 14.7 Å². The van der Waals surface area contributed by atoms with Gasteiger partial charge in [0.25, 0.3) is 5.91 Å². The Labute approximate surface area is 151 Å². The Balaban J connectivity index is 1.60. The van der Waals surface area contributed by atoms with Crippen LogP contribution in [0, 0.1) is 3.57 Å². The lowest BCUT2D eigenvalue weighted by Crippen LogP contribution is -2.31. The van der Waals surface area contributed by atoms with E-state index in [9.17, 15) is 9.59 Å². The fraction of sp³-hybridized carbons (Fsp3) is 0.176. The molecule has 6 nitrogen and oxygen atoms in total. The van der Waals surface area contributed by atoms with Crippen LogP contribution in [0.2, 0.25) is 0 Å². The first kappa shape index (κ1) is 16.6. The predicted molar refractivity (Wildman–Crippen MR) is 100 cm³/mol. The van der Waals surface area contributed by atoms with Crippen LogP contribution in [0.4, 0.5) is 0 Å². The highest BCUT2D eigenvalue weighted by Crippen LogP contribution is 2.17. The fourth-order valence-corrected chi connectivity index (χ4v) is 2.73. The molecule has 0 radical (unpaired) electrons. The van der Waals surface area contributed by atoms with E-state index in [-0.39, 0.29) is 24.2 Å².